The third-order valence-electron chi connectivity index (χ3n) is 3.43. The molecule has 23 heavy (non-hydrogen) atoms. The van der Waals surface area contributed by atoms with Gasteiger partial charge in [0.2, 0.25) is 10.0 Å². The molecule has 1 N–H and O–H groups in total. The van der Waals surface area contributed by atoms with Crippen molar-refractivity contribution >= 4 is 21.8 Å². The number of methoxy groups -OCH3 is 1. The summed E-state index contributed by atoms with van der Waals surface area (Å²) >= 11 is 1.61. The largest absolute Gasteiger partial charge is 0.497 e. The lowest BCUT2D eigenvalue weighted by molar-refractivity contribution is 0.345. The Balaban J connectivity index is 2.34. The number of sulfonamides is 1. The predicted molar refractivity (Wildman–Crippen MR) is 92.2 cm³/mol. The fourth-order valence-electron chi connectivity index (χ4n) is 2.22. The van der Waals surface area contributed by atoms with E-state index in [-0.39, 0.29) is 17.5 Å². The summed E-state index contributed by atoms with van der Waals surface area (Å²) in [6.07, 6.45) is 5.26. The van der Waals surface area contributed by atoms with Gasteiger partial charge in [-0.2, -0.15) is 16.1 Å². The molecule has 0 aliphatic carbocycles. The van der Waals surface area contributed by atoms with Crippen LogP contribution in [0.4, 0.5) is 0 Å². The van der Waals surface area contributed by atoms with Gasteiger partial charge in [0, 0.05) is 24.2 Å². The van der Waals surface area contributed by atoms with Crippen LogP contribution in [0.15, 0.2) is 41.6 Å². The highest BCUT2D eigenvalue weighted by Crippen LogP contribution is 2.23. The van der Waals surface area contributed by atoms with E-state index in [4.69, 9.17) is 4.74 Å². The van der Waals surface area contributed by atoms with Gasteiger partial charge in [0.1, 0.15) is 11.6 Å². The molecule has 6 nitrogen and oxygen atoms in total. The Morgan fingerprint density at radius 1 is 1.35 bits per heavy atom. The van der Waals surface area contributed by atoms with Gasteiger partial charge in [0.15, 0.2) is 0 Å². The van der Waals surface area contributed by atoms with Gasteiger partial charge in [-0.05, 0) is 37.4 Å². The van der Waals surface area contributed by atoms with E-state index in [0.29, 0.717) is 17.3 Å². The molecular formula is C15H21N3O3S2. The maximum absolute atomic E-state index is 13.0. The van der Waals surface area contributed by atoms with Crippen molar-refractivity contribution < 1.29 is 13.2 Å². The molecule has 1 heterocycles. The topological polar surface area (TPSA) is 75.3 Å². The molecule has 1 aromatic carbocycles. The van der Waals surface area contributed by atoms with Gasteiger partial charge in [-0.25, -0.2) is 13.4 Å². The normalized spacial score (nSPS) is 13.2. The van der Waals surface area contributed by atoms with Crippen molar-refractivity contribution in [2.24, 2.45) is 0 Å². The molecule has 2 aromatic rings. The van der Waals surface area contributed by atoms with Crippen LogP contribution in [0.3, 0.4) is 0 Å². The molecule has 0 bridgehead atoms. The van der Waals surface area contributed by atoms with E-state index in [1.165, 1.54) is 4.31 Å². The minimum atomic E-state index is -3.62. The Bertz CT molecular complexity index is 700. The Hall–Kier alpha value is -1.51. The third kappa shape index (κ3) is 4.27. The number of nitrogens with zero attached hydrogens (tertiary/aromatic N) is 2. The zero-order chi connectivity index (χ0) is 16.9. The molecule has 1 atom stereocenters. The number of benzene rings is 1. The number of hydrogen-bond acceptors (Lipinski definition) is 5. The second-order valence-electron chi connectivity index (χ2n) is 5.07. The lowest BCUT2D eigenvalue weighted by Gasteiger charge is -2.27. The predicted octanol–water partition coefficient (Wildman–Crippen LogP) is 2.36. The van der Waals surface area contributed by atoms with E-state index in [2.05, 4.69) is 9.97 Å². The first-order valence-corrected chi connectivity index (χ1v) is 9.95. The molecule has 1 aromatic heterocycles. The fraction of sp³-hybridized carbons (Fsp3) is 0.400. The van der Waals surface area contributed by atoms with Crippen LogP contribution in [-0.4, -0.2) is 47.9 Å². The second-order valence-corrected chi connectivity index (χ2v) is 7.87. The van der Waals surface area contributed by atoms with Gasteiger partial charge < -0.3 is 9.72 Å². The maximum atomic E-state index is 13.0. The zero-order valence-electron chi connectivity index (χ0n) is 13.4. The molecule has 2 rings (SSSR count). The van der Waals surface area contributed by atoms with Gasteiger partial charge in [-0.1, -0.05) is 0 Å². The zero-order valence-corrected chi connectivity index (χ0v) is 15.0. The molecule has 0 aliphatic heterocycles. The van der Waals surface area contributed by atoms with Crippen molar-refractivity contribution in [3.63, 3.8) is 0 Å². The number of nitrogens with one attached hydrogen (secondary N) is 1. The quantitative estimate of drug-likeness (QED) is 0.787. The van der Waals surface area contributed by atoms with Crippen molar-refractivity contribution in [1.82, 2.24) is 14.3 Å². The monoisotopic (exact) mass is 355 g/mol. The molecule has 0 unspecified atom stereocenters. The maximum Gasteiger partial charge on any atom is 0.243 e. The second kappa shape index (κ2) is 7.85. The van der Waals surface area contributed by atoms with E-state index >= 15 is 0 Å². The summed E-state index contributed by atoms with van der Waals surface area (Å²) in [5, 5.41) is 0. The summed E-state index contributed by atoms with van der Waals surface area (Å²) in [6, 6.07) is 6.28. The molecule has 0 amide bonds. The SMILES string of the molecule is COc1ccc(S(=O)(=O)N(Cc2ncc[nH]2)[C@H](C)CSC)cc1. The number of thioether (sulfide) groups is 1. The van der Waals surface area contributed by atoms with Crippen molar-refractivity contribution in [2.75, 3.05) is 19.1 Å². The lowest BCUT2D eigenvalue weighted by Crippen LogP contribution is -2.39. The Morgan fingerprint density at radius 3 is 2.57 bits per heavy atom. The van der Waals surface area contributed by atoms with Gasteiger partial charge in [-0.15, -0.1) is 0 Å². The molecular weight excluding hydrogens is 334 g/mol. The number of hydrogen-bond donors (Lipinski definition) is 1. The number of ether oxygens (including phenoxy) is 1. The molecule has 0 saturated heterocycles. The number of aromatic amines is 1. The van der Waals surface area contributed by atoms with Crippen LogP contribution in [0.25, 0.3) is 0 Å². The third-order valence-corrected chi connectivity index (χ3v) is 6.22. The van der Waals surface area contributed by atoms with E-state index in [9.17, 15) is 8.42 Å². The van der Waals surface area contributed by atoms with Crippen LogP contribution in [0.5, 0.6) is 5.75 Å². The highest BCUT2D eigenvalue weighted by atomic mass is 32.2. The van der Waals surface area contributed by atoms with Gasteiger partial charge >= 0.3 is 0 Å². The average molecular weight is 355 g/mol. The van der Waals surface area contributed by atoms with Crippen LogP contribution >= 0.6 is 11.8 Å². The van der Waals surface area contributed by atoms with Gasteiger partial charge in [0.25, 0.3) is 0 Å². The Morgan fingerprint density at radius 2 is 2.04 bits per heavy atom. The molecule has 0 spiro atoms. The average Bonchev–Trinajstić information content (AvgIpc) is 3.06. The van der Waals surface area contributed by atoms with E-state index in [0.717, 1.165) is 0 Å². The van der Waals surface area contributed by atoms with Crippen molar-refractivity contribution in [2.45, 2.75) is 24.4 Å². The number of H-pyrrole nitrogens is 1. The molecule has 0 radical (unpaired) electrons. The minimum absolute atomic E-state index is 0.151. The smallest absolute Gasteiger partial charge is 0.243 e. The first-order chi connectivity index (χ1) is 11.0. The highest BCUT2D eigenvalue weighted by Gasteiger charge is 2.29. The van der Waals surface area contributed by atoms with E-state index in [1.54, 1.807) is 55.5 Å². The van der Waals surface area contributed by atoms with Crippen LogP contribution in [0, 0.1) is 0 Å². The highest BCUT2D eigenvalue weighted by molar-refractivity contribution is 7.98. The minimum Gasteiger partial charge on any atom is -0.497 e. The van der Waals surface area contributed by atoms with Crippen LogP contribution in [0.1, 0.15) is 12.7 Å². The van der Waals surface area contributed by atoms with Crippen molar-refractivity contribution in [1.29, 1.82) is 0 Å². The summed E-state index contributed by atoms with van der Waals surface area (Å²) in [7, 11) is -2.07. The molecule has 126 valence electrons. The summed E-state index contributed by atoms with van der Waals surface area (Å²) in [5.41, 5.74) is 0. The summed E-state index contributed by atoms with van der Waals surface area (Å²) in [6.45, 7) is 2.11. The lowest BCUT2D eigenvalue weighted by atomic mass is 10.3. The van der Waals surface area contributed by atoms with Crippen LogP contribution < -0.4 is 4.74 Å². The standard InChI is InChI=1S/C15H21N3O3S2/c1-12(11-22-3)18(10-15-16-8-9-17-15)23(19,20)14-6-4-13(21-2)5-7-14/h4-9,12H,10-11H2,1-3H3,(H,16,17)/t12-/m1/s1. The van der Waals surface area contributed by atoms with E-state index in [1.807, 2.05) is 13.2 Å². The molecule has 0 fully saturated rings. The fourth-order valence-corrected chi connectivity index (χ4v) is 4.57. The number of imidazole rings is 1. The number of rotatable bonds is 8. The molecule has 0 saturated carbocycles. The number of aromatic nitrogens is 2. The summed E-state index contributed by atoms with van der Waals surface area (Å²) in [4.78, 5) is 7.36. The van der Waals surface area contributed by atoms with Crippen LogP contribution in [-0.2, 0) is 16.6 Å². The Labute approximate surface area is 141 Å². The molecule has 8 heteroatoms. The first-order valence-electron chi connectivity index (χ1n) is 7.12. The van der Waals surface area contributed by atoms with E-state index < -0.39 is 10.0 Å². The Kier molecular flexibility index (Phi) is 6.09. The van der Waals surface area contributed by atoms with Gasteiger partial charge in [-0.3, -0.25) is 0 Å². The molecule has 0 aliphatic rings. The summed E-state index contributed by atoms with van der Waals surface area (Å²) < 4.78 is 32.6. The van der Waals surface area contributed by atoms with Crippen molar-refractivity contribution in [3.05, 3.63) is 42.5 Å². The van der Waals surface area contributed by atoms with Crippen LogP contribution in [0.2, 0.25) is 0 Å². The summed E-state index contributed by atoms with van der Waals surface area (Å²) in [5.74, 6) is 1.95. The van der Waals surface area contributed by atoms with Crippen molar-refractivity contribution in [3.8, 4) is 5.75 Å². The first kappa shape index (κ1) is 17.8. The van der Waals surface area contributed by atoms with Gasteiger partial charge in [0.05, 0.1) is 18.6 Å².